The molecule has 104 valence electrons. The second-order valence-corrected chi connectivity index (χ2v) is 4.77. The van der Waals surface area contributed by atoms with Crippen LogP contribution < -0.4 is 10.6 Å². The van der Waals surface area contributed by atoms with Crippen molar-refractivity contribution in [2.24, 2.45) is 0 Å². The number of nitrogens with one attached hydrogen (secondary N) is 2. The number of anilines is 1. The van der Waals surface area contributed by atoms with Crippen LogP contribution in [0.1, 0.15) is 11.1 Å². The van der Waals surface area contributed by atoms with E-state index in [0.29, 0.717) is 12.2 Å². The fourth-order valence-electron chi connectivity index (χ4n) is 1.74. The summed E-state index contributed by atoms with van der Waals surface area (Å²) in [6.07, 6.45) is 0. The molecule has 0 aliphatic rings. The number of carbonyl (C=O) groups is 1. The molecule has 0 fully saturated rings. The Labute approximate surface area is 121 Å². The van der Waals surface area contributed by atoms with Gasteiger partial charge in [-0.3, -0.25) is 0 Å². The summed E-state index contributed by atoms with van der Waals surface area (Å²) < 4.78 is 12.9. The average molecular weight is 293 g/mol. The van der Waals surface area contributed by atoms with Crippen LogP contribution in [0.15, 0.2) is 42.5 Å². The second kappa shape index (κ2) is 6.39. The molecule has 0 aliphatic carbocycles. The summed E-state index contributed by atoms with van der Waals surface area (Å²) in [5.41, 5.74) is 2.51. The minimum atomic E-state index is -0.444. The minimum absolute atomic E-state index is 0.163. The normalized spacial score (nSPS) is 10.2. The Kier molecular flexibility index (Phi) is 4.58. The summed E-state index contributed by atoms with van der Waals surface area (Å²) in [6, 6.07) is 11.2. The third-order valence-corrected chi connectivity index (χ3v) is 3.19. The lowest BCUT2D eigenvalue weighted by molar-refractivity contribution is 0.251. The van der Waals surface area contributed by atoms with Crippen LogP contribution in [-0.4, -0.2) is 6.03 Å². The molecule has 2 N–H and O–H groups in total. The van der Waals surface area contributed by atoms with E-state index in [1.165, 1.54) is 12.1 Å². The molecule has 5 heteroatoms. The number of hydrogen-bond acceptors (Lipinski definition) is 1. The number of rotatable bonds is 3. The molecule has 2 amide bonds. The van der Waals surface area contributed by atoms with Gasteiger partial charge >= 0.3 is 6.03 Å². The van der Waals surface area contributed by atoms with E-state index >= 15 is 0 Å². The van der Waals surface area contributed by atoms with E-state index in [1.54, 1.807) is 0 Å². The maximum Gasteiger partial charge on any atom is 0.319 e. The first-order chi connectivity index (χ1) is 9.56. The van der Waals surface area contributed by atoms with Gasteiger partial charge in [0.05, 0.1) is 10.7 Å². The maximum atomic E-state index is 12.9. The van der Waals surface area contributed by atoms with Gasteiger partial charge in [0.15, 0.2) is 0 Å². The first kappa shape index (κ1) is 14.3. The predicted molar refractivity (Wildman–Crippen MR) is 78.4 cm³/mol. The van der Waals surface area contributed by atoms with Gasteiger partial charge in [0.25, 0.3) is 0 Å². The third-order valence-electron chi connectivity index (χ3n) is 2.88. The highest BCUT2D eigenvalue weighted by atomic mass is 35.5. The molecular formula is C15H14ClFN2O. The zero-order chi connectivity index (χ0) is 14.5. The van der Waals surface area contributed by atoms with Crippen molar-refractivity contribution in [1.82, 2.24) is 5.32 Å². The highest BCUT2D eigenvalue weighted by Gasteiger charge is 2.06. The molecule has 0 atom stereocenters. The molecule has 0 spiro atoms. The molecule has 0 heterocycles. The van der Waals surface area contributed by atoms with Crippen LogP contribution in [0.4, 0.5) is 14.9 Å². The van der Waals surface area contributed by atoms with Crippen LogP contribution in [0, 0.1) is 12.7 Å². The Morgan fingerprint density at radius 1 is 1.25 bits per heavy atom. The predicted octanol–water partition coefficient (Wildman–Crippen LogP) is 4.11. The molecule has 20 heavy (non-hydrogen) atoms. The summed E-state index contributed by atoms with van der Waals surface area (Å²) >= 11 is 5.83. The van der Waals surface area contributed by atoms with Gasteiger partial charge in [-0.05, 0) is 36.2 Å². The van der Waals surface area contributed by atoms with Crippen LogP contribution in [0.3, 0.4) is 0 Å². The lowest BCUT2D eigenvalue weighted by Gasteiger charge is -2.10. The van der Waals surface area contributed by atoms with E-state index in [2.05, 4.69) is 10.6 Å². The Bertz CT molecular complexity index is 631. The van der Waals surface area contributed by atoms with E-state index < -0.39 is 5.82 Å². The van der Waals surface area contributed by atoms with E-state index in [1.807, 2.05) is 31.2 Å². The second-order valence-electron chi connectivity index (χ2n) is 4.36. The number of benzene rings is 2. The van der Waals surface area contributed by atoms with Crippen LogP contribution in [0.2, 0.25) is 5.02 Å². The first-order valence-corrected chi connectivity index (χ1v) is 6.48. The number of halogens is 2. The van der Waals surface area contributed by atoms with Crippen LogP contribution in [-0.2, 0) is 6.54 Å². The van der Waals surface area contributed by atoms with E-state index in [9.17, 15) is 9.18 Å². The highest BCUT2D eigenvalue weighted by molar-refractivity contribution is 6.33. The summed E-state index contributed by atoms with van der Waals surface area (Å²) in [5.74, 6) is -0.444. The van der Waals surface area contributed by atoms with Gasteiger partial charge in [-0.1, -0.05) is 35.9 Å². The minimum Gasteiger partial charge on any atom is -0.334 e. The van der Waals surface area contributed by atoms with Crippen molar-refractivity contribution < 1.29 is 9.18 Å². The summed E-state index contributed by atoms with van der Waals surface area (Å²) in [6.45, 7) is 2.39. The monoisotopic (exact) mass is 292 g/mol. The van der Waals surface area contributed by atoms with Crippen molar-refractivity contribution in [3.63, 3.8) is 0 Å². The summed E-state index contributed by atoms with van der Waals surface area (Å²) in [5, 5.41) is 5.47. The third kappa shape index (κ3) is 3.71. The Hall–Kier alpha value is -2.07. The Morgan fingerprint density at radius 2 is 2.00 bits per heavy atom. The zero-order valence-corrected chi connectivity index (χ0v) is 11.7. The molecule has 0 unspecified atom stereocenters. The SMILES string of the molecule is Cc1ccccc1CNC(=O)Nc1ccc(F)cc1Cl. The smallest absolute Gasteiger partial charge is 0.319 e. The number of hydrogen-bond donors (Lipinski definition) is 2. The Morgan fingerprint density at radius 3 is 2.70 bits per heavy atom. The largest absolute Gasteiger partial charge is 0.334 e. The van der Waals surface area contributed by atoms with Crippen molar-refractivity contribution in [2.45, 2.75) is 13.5 Å². The molecule has 2 rings (SSSR count). The molecule has 0 saturated heterocycles. The average Bonchev–Trinajstić information content (AvgIpc) is 2.41. The van der Waals surface area contributed by atoms with Gasteiger partial charge in [-0.15, -0.1) is 0 Å². The fourth-order valence-corrected chi connectivity index (χ4v) is 1.96. The molecule has 2 aromatic carbocycles. The van der Waals surface area contributed by atoms with Gasteiger partial charge in [0.2, 0.25) is 0 Å². The van der Waals surface area contributed by atoms with Crippen molar-refractivity contribution in [3.05, 3.63) is 64.4 Å². The van der Waals surface area contributed by atoms with E-state index in [0.717, 1.165) is 17.2 Å². The molecule has 0 radical (unpaired) electrons. The molecule has 0 aromatic heterocycles. The quantitative estimate of drug-likeness (QED) is 0.878. The van der Waals surface area contributed by atoms with Gasteiger partial charge in [0.1, 0.15) is 5.82 Å². The van der Waals surface area contributed by atoms with Crippen LogP contribution in [0.5, 0.6) is 0 Å². The van der Waals surface area contributed by atoms with Crippen LogP contribution >= 0.6 is 11.6 Å². The lowest BCUT2D eigenvalue weighted by atomic mass is 10.1. The number of amides is 2. The number of aryl methyl sites for hydroxylation is 1. The van der Waals surface area contributed by atoms with Gasteiger partial charge in [-0.2, -0.15) is 0 Å². The zero-order valence-electron chi connectivity index (χ0n) is 10.9. The molecule has 0 bridgehead atoms. The van der Waals surface area contributed by atoms with E-state index in [4.69, 9.17) is 11.6 Å². The first-order valence-electron chi connectivity index (χ1n) is 6.10. The van der Waals surface area contributed by atoms with Crippen molar-refractivity contribution in [3.8, 4) is 0 Å². The van der Waals surface area contributed by atoms with E-state index in [-0.39, 0.29) is 11.1 Å². The maximum absolute atomic E-state index is 12.9. The summed E-state index contributed by atoms with van der Waals surface area (Å²) in [7, 11) is 0. The van der Waals surface area contributed by atoms with Crippen molar-refractivity contribution in [1.29, 1.82) is 0 Å². The lowest BCUT2D eigenvalue weighted by Crippen LogP contribution is -2.28. The summed E-state index contributed by atoms with van der Waals surface area (Å²) in [4.78, 5) is 11.8. The highest BCUT2D eigenvalue weighted by Crippen LogP contribution is 2.22. The van der Waals surface area contributed by atoms with Crippen molar-refractivity contribution >= 4 is 23.3 Å². The molecule has 3 nitrogen and oxygen atoms in total. The fraction of sp³-hybridized carbons (Fsp3) is 0.133. The van der Waals surface area contributed by atoms with Gasteiger partial charge in [-0.25, -0.2) is 9.18 Å². The number of carbonyl (C=O) groups excluding carboxylic acids is 1. The number of urea groups is 1. The topological polar surface area (TPSA) is 41.1 Å². The molecular weight excluding hydrogens is 279 g/mol. The van der Waals surface area contributed by atoms with Crippen LogP contribution in [0.25, 0.3) is 0 Å². The molecule has 0 saturated carbocycles. The van der Waals surface area contributed by atoms with Crippen molar-refractivity contribution in [2.75, 3.05) is 5.32 Å². The van der Waals surface area contributed by atoms with Gasteiger partial charge in [0, 0.05) is 6.54 Å². The molecule has 0 aliphatic heterocycles. The standard InChI is InChI=1S/C15H14ClFN2O/c1-10-4-2-3-5-11(10)9-18-15(20)19-14-7-6-12(17)8-13(14)16/h2-8H,9H2,1H3,(H2,18,19,20). The van der Waals surface area contributed by atoms with Gasteiger partial charge < -0.3 is 10.6 Å². The Balaban J connectivity index is 1.94. The molecule has 2 aromatic rings.